The Balaban J connectivity index is 2.64. The molecule has 0 unspecified atom stereocenters. The highest BCUT2D eigenvalue weighted by Crippen LogP contribution is 2.41. The quantitative estimate of drug-likeness (QED) is 0.616. The van der Waals surface area contributed by atoms with Gasteiger partial charge in [0.05, 0.1) is 6.26 Å². The smallest absolute Gasteiger partial charge is 0.308 e. The van der Waals surface area contributed by atoms with Gasteiger partial charge in [-0.15, -0.1) is 0 Å². The molecule has 0 saturated heterocycles. The van der Waals surface area contributed by atoms with E-state index in [0.717, 1.165) is 11.1 Å². The Labute approximate surface area is 154 Å². The van der Waals surface area contributed by atoms with Gasteiger partial charge in [0.15, 0.2) is 5.88 Å². The highest BCUT2D eigenvalue weighted by atomic mass is 16.5. The summed E-state index contributed by atoms with van der Waals surface area (Å²) in [5, 5.41) is 2.74. The van der Waals surface area contributed by atoms with Gasteiger partial charge in [0.1, 0.15) is 5.75 Å². The van der Waals surface area contributed by atoms with Crippen LogP contribution < -0.4 is 10.1 Å². The first-order chi connectivity index (χ1) is 11.9. The zero-order chi connectivity index (χ0) is 19.7. The van der Waals surface area contributed by atoms with Crippen molar-refractivity contribution in [1.82, 2.24) is 0 Å². The van der Waals surface area contributed by atoms with E-state index in [9.17, 15) is 9.59 Å². The van der Waals surface area contributed by atoms with Crippen LogP contribution in [0.1, 0.15) is 70.0 Å². The number of rotatable bonds is 3. The minimum atomic E-state index is -0.381. The van der Waals surface area contributed by atoms with Crippen LogP contribution >= 0.6 is 0 Å². The summed E-state index contributed by atoms with van der Waals surface area (Å²) in [5.74, 6) is 0.264. The van der Waals surface area contributed by atoms with Crippen molar-refractivity contribution < 1.29 is 18.7 Å². The van der Waals surface area contributed by atoms with E-state index in [2.05, 4.69) is 5.32 Å². The third kappa shape index (κ3) is 4.54. The number of carbonyl (C=O) groups excluding carboxylic acids is 2. The maximum Gasteiger partial charge on any atom is 0.308 e. The van der Waals surface area contributed by atoms with Crippen molar-refractivity contribution in [3.05, 3.63) is 47.2 Å². The van der Waals surface area contributed by atoms with Crippen molar-refractivity contribution in [3.63, 3.8) is 0 Å². The molecule has 0 bridgehead atoms. The van der Waals surface area contributed by atoms with Crippen LogP contribution in [-0.4, -0.2) is 11.9 Å². The van der Waals surface area contributed by atoms with Crippen LogP contribution in [0.3, 0.4) is 0 Å². The van der Waals surface area contributed by atoms with Crippen LogP contribution in [0.5, 0.6) is 5.75 Å². The summed E-state index contributed by atoms with van der Waals surface area (Å²) in [6, 6.07) is 6.96. The number of anilines is 1. The summed E-state index contributed by atoms with van der Waals surface area (Å²) in [7, 11) is 0. The number of furan rings is 1. The molecule has 0 radical (unpaired) electrons. The van der Waals surface area contributed by atoms with Gasteiger partial charge < -0.3 is 9.15 Å². The molecule has 5 heteroatoms. The van der Waals surface area contributed by atoms with Crippen LogP contribution in [0, 0.1) is 0 Å². The maximum atomic E-state index is 12.7. The number of hydrogen-bond acceptors (Lipinski definition) is 4. The molecule has 5 nitrogen and oxygen atoms in total. The molecule has 1 amide bonds. The van der Waals surface area contributed by atoms with Gasteiger partial charge in [0, 0.05) is 29.7 Å². The van der Waals surface area contributed by atoms with E-state index in [0.29, 0.717) is 17.2 Å². The topological polar surface area (TPSA) is 68.5 Å². The molecule has 0 aliphatic carbocycles. The lowest BCUT2D eigenvalue weighted by molar-refractivity contribution is -0.132. The van der Waals surface area contributed by atoms with E-state index in [1.54, 1.807) is 24.3 Å². The van der Waals surface area contributed by atoms with Crippen LogP contribution in [-0.2, 0) is 15.6 Å². The van der Waals surface area contributed by atoms with E-state index in [-0.39, 0.29) is 22.7 Å². The summed E-state index contributed by atoms with van der Waals surface area (Å²) < 4.78 is 10.8. The van der Waals surface area contributed by atoms with Gasteiger partial charge in [-0.25, -0.2) is 0 Å². The average Bonchev–Trinajstić information content (AvgIpc) is 2.97. The zero-order valence-corrected chi connectivity index (χ0v) is 16.5. The van der Waals surface area contributed by atoms with Gasteiger partial charge in [0.2, 0.25) is 0 Å². The molecule has 1 heterocycles. The molecule has 140 valence electrons. The Bertz CT molecular complexity index is 771. The lowest BCUT2D eigenvalue weighted by Crippen LogP contribution is -2.23. The van der Waals surface area contributed by atoms with Gasteiger partial charge in [-0.2, -0.15) is 0 Å². The second-order valence-electron chi connectivity index (χ2n) is 8.43. The predicted molar refractivity (Wildman–Crippen MR) is 102 cm³/mol. The molecule has 1 aromatic heterocycles. The number of carbonyl (C=O) groups is 2. The number of benzene rings is 1. The largest absolute Gasteiger partial charge is 0.449 e. The molecule has 0 fully saturated rings. The molecule has 0 aliphatic heterocycles. The second kappa shape index (κ2) is 6.98. The van der Waals surface area contributed by atoms with Crippen molar-refractivity contribution in [1.29, 1.82) is 0 Å². The highest BCUT2D eigenvalue weighted by Gasteiger charge is 2.30. The van der Waals surface area contributed by atoms with Gasteiger partial charge in [-0.05, 0) is 29.0 Å². The third-order valence-electron chi connectivity index (χ3n) is 3.97. The van der Waals surface area contributed by atoms with E-state index < -0.39 is 0 Å². The van der Waals surface area contributed by atoms with E-state index in [1.807, 2.05) is 41.5 Å². The number of hydrogen-bond donors (Lipinski definition) is 1. The first-order valence-electron chi connectivity index (χ1n) is 8.62. The Kier molecular flexibility index (Phi) is 5.31. The van der Waals surface area contributed by atoms with Crippen molar-refractivity contribution in [3.8, 4) is 5.75 Å². The fourth-order valence-corrected chi connectivity index (χ4v) is 2.66. The average molecular weight is 357 g/mol. The van der Waals surface area contributed by atoms with Crippen molar-refractivity contribution in [2.75, 3.05) is 5.32 Å². The van der Waals surface area contributed by atoms with Crippen molar-refractivity contribution >= 4 is 17.8 Å². The molecule has 1 N–H and O–H groups in total. The Hall–Kier alpha value is -2.56. The molecule has 0 spiro atoms. The molecule has 2 aromatic rings. The SMILES string of the molecule is CC(=O)Oc1c(C(C)(C)C)cc(C(=O)Nc2ccco2)cc1C(C)(C)C. The van der Waals surface area contributed by atoms with Gasteiger partial charge in [-0.3, -0.25) is 14.9 Å². The molecular formula is C21H27NO4. The predicted octanol–water partition coefficient (Wildman–Crippen LogP) is 5.05. The Morgan fingerprint density at radius 2 is 1.54 bits per heavy atom. The summed E-state index contributed by atoms with van der Waals surface area (Å²) in [6.07, 6.45) is 1.50. The fraction of sp³-hybridized carbons (Fsp3) is 0.429. The monoisotopic (exact) mass is 357 g/mol. The maximum absolute atomic E-state index is 12.7. The molecule has 1 aromatic carbocycles. The minimum Gasteiger partial charge on any atom is -0.449 e. The first kappa shape index (κ1) is 19.8. The van der Waals surface area contributed by atoms with Crippen LogP contribution in [0.15, 0.2) is 34.9 Å². The normalized spacial score (nSPS) is 12.0. The lowest BCUT2D eigenvalue weighted by Gasteiger charge is -2.29. The van der Waals surface area contributed by atoms with Crippen molar-refractivity contribution in [2.24, 2.45) is 0 Å². The number of amides is 1. The second-order valence-corrected chi connectivity index (χ2v) is 8.43. The molecule has 0 aliphatic rings. The summed E-state index contributed by atoms with van der Waals surface area (Å²) >= 11 is 0. The summed E-state index contributed by atoms with van der Waals surface area (Å²) in [5.41, 5.74) is 1.49. The van der Waals surface area contributed by atoms with Gasteiger partial charge in [0.25, 0.3) is 5.91 Å². The standard InChI is InChI=1S/C21H27NO4/c1-13(23)26-18-15(20(2,3)4)11-14(12-16(18)21(5,6)7)19(24)22-17-9-8-10-25-17/h8-12H,1-7H3,(H,22,24). The summed E-state index contributed by atoms with van der Waals surface area (Å²) in [4.78, 5) is 24.4. The molecular weight excluding hydrogens is 330 g/mol. The molecule has 0 atom stereocenters. The molecule has 2 rings (SSSR count). The molecule has 0 saturated carbocycles. The first-order valence-corrected chi connectivity index (χ1v) is 8.62. The highest BCUT2D eigenvalue weighted by molar-refractivity contribution is 6.04. The number of nitrogens with one attached hydrogen (secondary N) is 1. The van der Waals surface area contributed by atoms with Crippen LogP contribution in [0.4, 0.5) is 5.88 Å². The Morgan fingerprint density at radius 3 is 1.92 bits per heavy atom. The minimum absolute atomic E-state index is 0.273. The fourth-order valence-electron chi connectivity index (χ4n) is 2.66. The van der Waals surface area contributed by atoms with Crippen molar-refractivity contribution in [2.45, 2.75) is 59.3 Å². The van der Waals surface area contributed by atoms with Gasteiger partial charge in [-0.1, -0.05) is 41.5 Å². The van der Waals surface area contributed by atoms with Gasteiger partial charge >= 0.3 is 5.97 Å². The van der Waals surface area contributed by atoms with E-state index >= 15 is 0 Å². The number of ether oxygens (including phenoxy) is 1. The molecule has 26 heavy (non-hydrogen) atoms. The third-order valence-corrected chi connectivity index (χ3v) is 3.97. The summed E-state index contributed by atoms with van der Waals surface area (Å²) in [6.45, 7) is 13.5. The Morgan fingerprint density at radius 1 is 1.00 bits per heavy atom. The lowest BCUT2D eigenvalue weighted by atomic mass is 9.78. The zero-order valence-electron chi connectivity index (χ0n) is 16.5. The van der Waals surface area contributed by atoms with Crippen LogP contribution in [0.25, 0.3) is 0 Å². The van der Waals surface area contributed by atoms with Crippen LogP contribution in [0.2, 0.25) is 0 Å². The number of esters is 1. The van der Waals surface area contributed by atoms with E-state index in [1.165, 1.54) is 13.2 Å². The van der Waals surface area contributed by atoms with E-state index in [4.69, 9.17) is 9.15 Å².